The lowest BCUT2D eigenvalue weighted by Crippen LogP contribution is -2.42. The van der Waals surface area contributed by atoms with Gasteiger partial charge in [0.1, 0.15) is 0 Å². The predicted molar refractivity (Wildman–Crippen MR) is 92.4 cm³/mol. The van der Waals surface area contributed by atoms with E-state index < -0.39 is 0 Å². The van der Waals surface area contributed by atoms with E-state index >= 15 is 0 Å². The van der Waals surface area contributed by atoms with Crippen molar-refractivity contribution in [1.82, 2.24) is 10.6 Å². The Morgan fingerprint density at radius 3 is 2.84 bits per heavy atom. The summed E-state index contributed by atoms with van der Waals surface area (Å²) in [4.78, 5) is 4.61. The van der Waals surface area contributed by atoms with Gasteiger partial charge in [0.25, 0.3) is 0 Å². The number of aliphatic imine (C=N–C) groups is 1. The van der Waals surface area contributed by atoms with Crippen LogP contribution >= 0.6 is 24.0 Å². The summed E-state index contributed by atoms with van der Waals surface area (Å²) in [6, 6.07) is 0.463. The van der Waals surface area contributed by atoms with Gasteiger partial charge in [-0.05, 0) is 33.1 Å². The van der Waals surface area contributed by atoms with E-state index in [9.17, 15) is 0 Å². The normalized spacial score (nSPS) is 17.2. The highest BCUT2D eigenvalue weighted by Crippen LogP contribution is 2.11. The van der Waals surface area contributed by atoms with E-state index in [1.165, 1.54) is 5.57 Å². The number of ether oxygens (including phenoxy) is 1. The van der Waals surface area contributed by atoms with Crippen molar-refractivity contribution in [3.63, 3.8) is 0 Å². The molecule has 1 rings (SSSR count). The molecule has 0 aliphatic carbocycles. The van der Waals surface area contributed by atoms with Crippen molar-refractivity contribution >= 4 is 29.9 Å². The Morgan fingerprint density at radius 2 is 2.26 bits per heavy atom. The van der Waals surface area contributed by atoms with Gasteiger partial charge in [0.2, 0.25) is 0 Å². The molecule has 19 heavy (non-hydrogen) atoms. The minimum atomic E-state index is 0. The maximum absolute atomic E-state index is 5.30. The highest BCUT2D eigenvalue weighted by Gasteiger charge is 2.04. The van der Waals surface area contributed by atoms with Gasteiger partial charge < -0.3 is 15.4 Å². The highest BCUT2D eigenvalue weighted by molar-refractivity contribution is 14.0. The topological polar surface area (TPSA) is 45.7 Å². The van der Waals surface area contributed by atoms with Crippen molar-refractivity contribution in [3.05, 3.63) is 11.6 Å². The van der Waals surface area contributed by atoms with Crippen molar-refractivity contribution in [2.24, 2.45) is 4.99 Å². The molecular weight excluding hydrogens is 353 g/mol. The minimum absolute atomic E-state index is 0. The first kappa shape index (κ1) is 18.7. The van der Waals surface area contributed by atoms with Gasteiger partial charge in [0.05, 0.1) is 13.2 Å². The van der Waals surface area contributed by atoms with E-state index in [4.69, 9.17) is 4.74 Å². The third-order valence-electron chi connectivity index (χ3n) is 3.10. The van der Waals surface area contributed by atoms with Gasteiger partial charge in [-0.25, -0.2) is 0 Å². The van der Waals surface area contributed by atoms with Crippen molar-refractivity contribution in [2.45, 2.75) is 46.1 Å². The lowest BCUT2D eigenvalue weighted by Gasteiger charge is -2.17. The fourth-order valence-electron chi connectivity index (χ4n) is 1.76. The maximum Gasteiger partial charge on any atom is 0.191 e. The molecule has 0 amide bonds. The van der Waals surface area contributed by atoms with Gasteiger partial charge >= 0.3 is 0 Å². The van der Waals surface area contributed by atoms with Crippen LogP contribution in [0, 0.1) is 0 Å². The van der Waals surface area contributed by atoms with Crippen LogP contribution in [0.5, 0.6) is 0 Å². The van der Waals surface area contributed by atoms with Crippen molar-refractivity contribution in [1.29, 1.82) is 0 Å². The van der Waals surface area contributed by atoms with Gasteiger partial charge in [0.15, 0.2) is 5.96 Å². The Labute approximate surface area is 134 Å². The van der Waals surface area contributed by atoms with Crippen molar-refractivity contribution < 1.29 is 4.74 Å². The second-order valence-electron chi connectivity index (χ2n) is 4.65. The summed E-state index contributed by atoms with van der Waals surface area (Å²) in [5.74, 6) is 0.930. The molecule has 0 saturated heterocycles. The fourth-order valence-corrected chi connectivity index (χ4v) is 1.76. The SMILES string of the molecule is CCNC(=NCCC1=CCOCC1)NC(C)CC.I. The van der Waals surface area contributed by atoms with E-state index in [2.05, 4.69) is 42.5 Å². The molecule has 0 spiro atoms. The number of nitrogens with one attached hydrogen (secondary N) is 2. The largest absolute Gasteiger partial charge is 0.377 e. The Bertz CT molecular complexity index is 292. The first-order valence-corrected chi connectivity index (χ1v) is 7.06. The zero-order valence-electron chi connectivity index (χ0n) is 12.4. The Balaban J connectivity index is 0.00000324. The highest BCUT2D eigenvalue weighted by atomic mass is 127. The maximum atomic E-state index is 5.30. The second-order valence-corrected chi connectivity index (χ2v) is 4.65. The number of nitrogens with zero attached hydrogens (tertiary/aromatic N) is 1. The molecule has 0 aromatic carbocycles. The van der Waals surface area contributed by atoms with Gasteiger partial charge in [0, 0.05) is 19.1 Å². The number of hydrogen-bond donors (Lipinski definition) is 2. The molecule has 0 saturated carbocycles. The first-order chi connectivity index (χ1) is 8.76. The van der Waals surface area contributed by atoms with Gasteiger partial charge in [-0.3, -0.25) is 4.99 Å². The molecule has 0 fully saturated rings. The molecule has 0 bridgehead atoms. The Kier molecular flexibility index (Phi) is 11.3. The lowest BCUT2D eigenvalue weighted by molar-refractivity contribution is 0.153. The van der Waals surface area contributed by atoms with E-state index in [-0.39, 0.29) is 24.0 Å². The Hall–Kier alpha value is -0.300. The third-order valence-corrected chi connectivity index (χ3v) is 3.10. The molecule has 1 aliphatic rings. The summed E-state index contributed by atoms with van der Waals surface area (Å²) < 4.78 is 5.30. The summed E-state index contributed by atoms with van der Waals surface area (Å²) in [5.41, 5.74) is 1.48. The number of guanidine groups is 1. The zero-order valence-corrected chi connectivity index (χ0v) is 14.7. The standard InChI is InChI=1S/C14H27N3O.HI/c1-4-12(3)17-14(15-5-2)16-9-6-13-7-10-18-11-8-13;/h7,12H,4-6,8-11H2,1-3H3,(H2,15,16,17);1H. The van der Waals surface area contributed by atoms with Crippen LogP contribution < -0.4 is 10.6 Å². The monoisotopic (exact) mass is 381 g/mol. The summed E-state index contributed by atoms with van der Waals surface area (Å²) in [5, 5.41) is 6.68. The predicted octanol–water partition coefficient (Wildman–Crippen LogP) is 2.69. The smallest absolute Gasteiger partial charge is 0.191 e. The molecule has 1 aliphatic heterocycles. The van der Waals surface area contributed by atoms with Gasteiger partial charge in [-0.2, -0.15) is 0 Å². The van der Waals surface area contributed by atoms with E-state index in [0.717, 1.165) is 51.5 Å². The summed E-state index contributed by atoms with van der Waals surface area (Å²) in [6.07, 6.45) is 5.40. The summed E-state index contributed by atoms with van der Waals surface area (Å²) in [6.45, 7) is 9.82. The molecule has 112 valence electrons. The number of halogens is 1. The van der Waals surface area contributed by atoms with Crippen LogP contribution in [0.2, 0.25) is 0 Å². The quantitative estimate of drug-likeness (QED) is 0.322. The molecule has 2 N–H and O–H groups in total. The molecule has 0 aromatic heterocycles. The van der Waals surface area contributed by atoms with Crippen molar-refractivity contribution in [2.75, 3.05) is 26.3 Å². The zero-order chi connectivity index (χ0) is 13.2. The van der Waals surface area contributed by atoms with Crippen LogP contribution in [0.15, 0.2) is 16.6 Å². The Morgan fingerprint density at radius 1 is 1.47 bits per heavy atom. The lowest BCUT2D eigenvalue weighted by atomic mass is 10.1. The molecule has 0 aromatic rings. The van der Waals surface area contributed by atoms with Gasteiger partial charge in [-0.1, -0.05) is 18.6 Å². The van der Waals surface area contributed by atoms with E-state index in [1.807, 2.05) is 0 Å². The molecule has 0 radical (unpaired) electrons. The van der Waals surface area contributed by atoms with Crippen LogP contribution in [0.3, 0.4) is 0 Å². The van der Waals surface area contributed by atoms with E-state index in [1.54, 1.807) is 0 Å². The number of hydrogen-bond acceptors (Lipinski definition) is 2. The molecule has 4 nitrogen and oxygen atoms in total. The number of rotatable bonds is 6. The minimum Gasteiger partial charge on any atom is -0.377 e. The van der Waals surface area contributed by atoms with Crippen LogP contribution in [0.1, 0.15) is 40.0 Å². The second kappa shape index (κ2) is 11.5. The average molecular weight is 381 g/mol. The van der Waals surface area contributed by atoms with Gasteiger partial charge in [-0.15, -0.1) is 24.0 Å². The van der Waals surface area contributed by atoms with Crippen molar-refractivity contribution in [3.8, 4) is 0 Å². The van der Waals surface area contributed by atoms with E-state index in [0.29, 0.717) is 6.04 Å². The molecule has 1 atom stereocenters. The van der Waals surface area contributed by atoms with Crippen LogP contribution in [0.25, 0.3) is 0 Å². The summed E-state index contributed by atoms with van der Waals surface area (Å²) >= 11 is 0. The molecule has 1 unspecified atom stereocenters. The van der Waals surface area contributed by atoms with Crippen LogP contribution in [-0.2, 0) is 4.74 Å². The van der Waals surface area contributed by atoms with Crippen LogP contribution in [-0.4, -0.2) is 38.3 Å². The fraction of sp³-hybridized carbons (Fsp3) is 0.786. The third kappa shape index (κ3) is 8.47. The average Bonchev–Trinajstić information content (AvgIpc) is 2.40. The first-order valence-electron chi connectivity index (χ1n) is 7.06. The summed E-state index contributed by atoms with van der Waals surface area (Å²) in [7, 11) is 0. The molecule has 5 heteroatoms. The van der Waals surface area contributed by atoms with Crippen LogP contribution in [0.4, 0.5) is 0 Å². The molecule has 1 heterocycles. The molecular formula is C14H28IN3O.